The van der Waals surface area contributed by atoms with Crippen LogP contribution in [0, 0.1) is 6.92 Å². The lowest BCUT2D eigenvalue weighted by atomic mass is 9.96. The normalized spacial score (nSPS) is 14.7. The molecule has 2 N–H and O–H groups in total. The first kappa shape index (κ1) is 14.7. The molecular weight excluding hydrogens is 305 g/mol. The summed E-state index contributed by atoms with van der Waals surface area (Å²) in [6, 6.07) is 9.69. The predicted molar refractivity (Wildman–Crippen MR) is 87.5 cm³/mol. The zero-order chi connectivity index (χ0) is 15.0. The van der Waals surface area contributed by atoms with E-state index in [1.807, 2.05) is 37.3 Å². The molecule has 0 bridgehead atoms. The number of hydrogen-bond donors (Lipinski definition) is 1. The summed E-state index contributed by atoms with van der Waals surface area (Å²) in [4.78, 5) is 0. The van der Waals surface area contributed by atoms with Crippen LogP contribution in [0.5, 0.6) is 5.75 Å². The highest BCUT2D eigenvalue weighted by atomic mass is 35.5. The molecule has 2 aromatic carbocycles. The van der Waals surface area contributed by atoms with Crippen molar-refractivity contribution in [3.63, 3.8) is 0 Å². The van der Waals surface area contributed by atoms with Crippen LogP contribution in [0.15, 0.2) is 30.3 Å². The first-order valence-corrected chi connectivity index (χ1v) is 7.76. The molecule has 110 valence electrons. The second-order valence-electron chi connectivity index (χ2n) is 5.49. The minimum absolute atomic E-state index is 0.176. The molecule has 1 heterocycles. The van der Waals surface area contributed by atoms with Crippen molar-refractivity contribution in [1.82, 2.24) is 0 Å². The van der Waals surface area contributed by atoms with Crippen LogP contribution in [0.4, 0.5) is 0 Å². The number of aryl methyl sites for hydroxylation is 1. The SMILES string of the molecule is Cc1ccc(C(N)Cc2cc(Cl)cc3c2OCC3)c(Cl)c1. The highest BCUT2D eigenvalue weighted by molar-refractivity contribution is 6.31. The van der Waals surface area contributed by atoms with Gasteiger partial charge in [0.1, 0.15) is 5.75 Å². The molecule has 0 aromatic heterocycles. The Morgan fingerprint density at radius 2 is 2.05 bits per heavy atom. The number of halogens is 2. The largest absolute Gasteiger partial charge is 0.493 e. The Kier molecular flexibility index (Phi) is 4.12. The van der Waals surface area contributed by atoms with Gasteiger partial charge in [0.2, 0.25) is 0 Å². The lowest BCUT2D eigenvalue weighted by Crippen LogP contribution is -2.14. The lowest BCUT2D eigenvalue weighted by Gasteiger charge is -2.16. The van der Waals surface area contributed by atoms with Gasteiger partial charge in [-0.2, -0.15) is 0 Å². The summed E-state index contributed by atoms with van der Waals surface area (Å²) < 4.78 is 5.72. The smallest absolute Gasteiger partial charge is 0.125 e. The van der Waals surface area contributed by atoms with Crippen LogP contribution in [0.3, 0.4) is 0 Å². The quantitative estimate of drug-likeness (QED) is 0.904. The number of nitrogens with two attached hydrogens (primary N) is 1. The summed E-state index contributed by atoms with van der Waals surface area (Å²) >= 11 is 12.5. The molecule has 4 heteroatoms. The summed E-state index contributed by atoms with van der Waals surface area (Å²) in [5.41, 5.74) is 10.6. The Labute approximate surface area is 134 Å². The van der Waals surface area contributed by atoms with E-state index in [4.69, 9.17) is 33.7 Å². The molecule has 1 aliphatic rings. The van der Waals surface area contributed by atoms with E-state index >= 15 is 0 Å². The third-order valence-electron chi connectivity index (χ3n) is 3.82. The van der Waals surface area contributed by atoms with E-state index in [-0.39, 0.29) is 6.04 Å². The average molecular weight is 322 g/mol. The molecule has 1 aliphatic heterocycles. The van der Waals surface area contributed by atoms with E-state index in [9.17, 15) is 0 Å². The van der Waals surface area contributed by atoms with Gasteiger partial charge in [-0.3, -0.25) is 0 Å². The van der Waals surface area contributed by atoms with Crippen molar-refractivity contribution in [2.45, 2.75) is 25.8 Å². The molecule has 0 saturated heterocycles. The Balaban J connectivity index is 1.90. The van der Waals surface area contributed by atoms with Crippen LogP contribution in [0.2, 0.25) is 10.0 Å². The van der Waals surface area contributed by atoms with Crippen molar-refractivity contribution in [3.05, 3.63) is 62.6 Å². The molecule has 0 saturated carbocycles. The Hall–Kier alpha value is -1.22. The van der Waals surface area contributed by atoms with Crippen molar-refractivity contribution in [2.75, 3.05) is 6.61 Å². The van der Waals surface area contributed by atoms with Crippen LogP contribution in [-0.2, 0) is 12.8 Å². The van der Waals surface area contributed by atoms with Gasteiger partial charge in [0, 0.05) is 22.5 Å². The lowest BCUT2D eigenvalue weighted by molar-refractivity contribution is 0.352. The molecule has 3 rings (SSSR count). The van der Waals surface area contributed by atoms with E-state index in [1.165, 1.54) is 5.56 Å². The van der Waals surface area contributed by atoms with Crippen LogP contribution >= 0.6 is 23.2 Å². The van der Waals surface area contributed by atoms with Crippen molar-refractivity contribution in [2.24, 2.45) is 5.73 Å². The molecule has 0 radical (unpaired) electrons. The van der Waals surface area contributed by atoms with Crippen molar-refractivity contribution in [3.8, 4) is 5.75 Å². The molecule has 0 amide bonds. The molecule has 1 atom stereocenters. The summed E-state index contributed by atoms with van der Waals surface area (Å²) in [5.74, 6) is 0.943. The number of benzene rings is 2. The highest BCUT2D eigenvalue weighted by Crippen LogP contribution is 2.35. The first-order valence-electron chi connectivity index (χ1n) is 7.00. The zero-order valence-corrected chi connectivity index (χ0v) is 13.3. The monoisotopic (exact) mass is 321 g/mol. The fraction of sp³-hybridized carbons (Fsp3) is 0.294. The Bertz CT molecular complexity index is 685. The van der Waals surface area contributed by atoms with E-state index in [1.54, 1.807) is 0 Å². The second-order valence-corrected chi connectivity index (χ2v) is 6.33. The maximum absolute atomic E-state index is 6.34. The third-order valence-corrected chi connectivity index (χ3v) is 4.37. The van der Waals surface area contributed by atoms with Gasteiger partial charge in [-0.25, -0.2) is 0 Å². The minimum Gasteiger partial charge on any atom is -0.493 e. The van der Waals surface area contributed by atoms with Gasteiger partial charge in [-0.1, -0.05) is 35.3 Å². The first-order chi connectivity index (χ1) is 10.0. The van der Waals surface area contributed by atoms with E-state index in [2.05, 4.69) is 0 Å². The van der Waals surface area contributed by atoms with E-state index < -0.39 is 0 Å². The number of hydrogen-bond acceptors (Lipinski definition) is 2. The average Bonchev–Trinajstić information content (AvgIpc) is 2.86. The van der Waals surface area contributed by atoms with Crippen molar-refractivity contribution >= 4 is 23.2 Å². The number of fused-ring (bicyclic) bond motifs is 1. The predicted octanol–water partition coefficient (Wildman–Crippen LogP) is 4.48. The second kappa shape index (κ2) is 5.88. The number of rotatable bonds is 3. The zero-order valence-electron chi connectivity index (χ0n) is 11.8. The summed E-state index contributed by atoms with van der Waals surface area (Å²) in [6.07, 6.45) is 1.56. The van der Waals surface area contributed by atoms with Gasteiger partial charge in [-0.15, -0.1) is 0 Å². The molecule has 21 heavy (non-hydrogen) atoms. The Morgan fingerprint density at radius 1 is 1.24 bits per heavy atom. The van der Waals surface area contributed by atoms with Gasteiger partial charge in [-0.05, 0) is 53.8 Å². The summed E-state index contributed by atoms with van der Waals surface area (Å²) in [6.45, 7) is 2.72. The summed E-state index contributed by atoms with van der Waals surface area (Å²) in [5, 5.41) is 1.44. The fourth-order valence-electron chi connectivity index (χ4n) is 2.78. The maximum Gasteiger partial charge on any atom is 0.125 e. The highest BCUT2D eigenvalue weighted by Gasteiger charge is 2.20. The molecule has 1 unspecified atom stereocenters. The van der Waals surface area contributed by atoms with Crippen molar-refractivity contribution < 1.29 is 4.74 Å². The van der Waals surface area contributed by atoms with Crippen LogP contribution in [-0.4, -0.2) is 6.61 Å². The van der Waals surface area contributed by atoms with Crippen molar-refractivity contribution in [1.29, 1.82) is 0 Å². The summed E-state index contributed by atoms with van der Waals surface area (Å²) in [7, 11) is 0. The van der Waals surface area contributed by atoms with Crippen LogP contribution in [0.25, 0.3) is 0 Å². The van der Waals surface area contributed by atoms with Gasteiger partial charge < -0.3 is 10.5 Å². The van der Waals surface area contributed by atoms with Crippen LogP contribution < -0.4 is 10.5 Å². The number of ether oxygens (including phenoxy) is 1. The Morgan fingerprint density at radius 3 is 2.81 bits per heavy atom. The molecule has 0 aliphatic carbocycles. The molecule has 2 nitrogen and oxygen atoms in total. The third kappa shape index (κ3) is 3.03. The van der Waals surface area contributed by atoms with Gasteiger partial charge in [0.05, 0.1) is 6.61 Å². The molecule has 0 spiro atoms. The maximum atomic E-state index is 6.34. The molecule has 2 aromatic rings. The van der Waals surface area contributed by atoms with Gasteiger partial charge in [0.25, 0.3) is 0 Å². The van der Waals surface area contributed by atoms with Gasteiger partial charge in [0.15, 0.2) is 0 Å². The molecule has 0 fully saturated rings. The topological polar surface area (TPSA) is 35.2 Å². The standard InChI is InChI=1S/C17H17Cl2NO/c1-10-2-3-14(15(19)6-10)16(20)9-12-8-13(18)7-11-4-5-21-17(11)12/h2-3,6-8,16H,4-5,9,20H2,1H3. The molecular formula is C17H17Cl2NO. The minimum atomic E-state index is -0.176. The van der Waals surface area contributed by atoms with E-state index in [0.717, 1.165) is 33.9 Å². The van der Waals surface area contributed by atoms with E-state index in [0.29, 0.717) is 18.1 Å². The fourth-order valence-corrected chi connectivity index (χ4v) is 3.42. The van der Waals surface area contributed by atoms with Crippen LogP contribution in [0.1, 0.15) is 28.3 Å². The van der Waals surface area contributed by atoms with Gasteiger partial charge >= 0.3 is 0 Å².